The Labute approximate surface area is 109 Å². The number of Topliss-reactive ketones (excluding diaryl/α,β-unsaturated/α-hetero) is 1. The lowest BCUT2D eigenvalue weighted by atomic mass is 9.90. The van der Waals surface area contributed by atoms with E-state index < -0.39 is 28.7 Å². The molecule has 1 aromatic rings. The molecule has 0 N–H and O–H groups in total. The highest BCUT2D eigenvalue weighted by molar-refractivity contribution is 6.03. The van der Waals surface area contributed by atoms with Crippen molar-refractivity contribution in [1.29, 1.82) is 0 Å². The van der Waals surface area contributed by atoms with Gasteiger partial charge in [-0.05, 0) is 26.3 Å². The summed E-state index contributed by atoms with van der Waals surface area (Å²) in [5.41, 5.74) is -2.70. The molecule has 1 heterocycles. The van der Waals surface area contributed by atoms with E-state index in [0.29, 0.717) is 0 Å². The normalized spacial score (nSPS) is 15.1. The van der Waals surface area contributed by atoms with Crippen LogP contribution in [0.3, 0.4) is 0 Å². The lowest BCUT2D eigenvalue weighted by Crippen LogP contribution is -2.39. The highest BCUT2D eigenvalue weighted by Crippen LogP contribution is 2.34. The van der Waals surface area contributed by atoms with Crippen molar-refractivity contribution in [1.82, 2.24) is 4.98 Å². The van der Waals surface area contributed by atoms with Gasteiger partial charge in [0.2, 0.25) is 0 Å². The first kappa shape index (κ1) is 15.6. The van der Waals surface area contributed by atoms with Gasteiger partial charge in [-0.1, -0.05) is 6.92 Å². The molecule has 0 aliphatic heterocycles. The summed E-state index contributed by atoms with van der Waals surface area (Å²) in [6.07, 6.45) is -2.34. The van der Waals surface area contributed by atoms with Crippen LogP contribution in [0.4, 0.5) is 13.2 Å². The molecule has 0 bridgehead atoms. The monoisotopic (exact) mass is 275 g/mol. The second-order valence-electron chi connectivity index (χ2n) is 4.27. The van der Waals surface area contributed by atoms with Gasteiger partial charge < -0.3 is 4.74 Å². The van der Waals surface area contributed by atoms with Gasteiger partial charge in [-0.2, -0.15) is 13.2 Å². The summed E-state index contributed by atoms with van der Waals surface area (Å²) < 4.78 is 43.9. The van der Waals surface area contributed by atoms with Gasteiger partial charge in [-0.25, -0.2) is 0 Å². The van der Waals surface area contributed by atoms with E-state index in [1.54, 1.807) is 13.8 Å². The number of alkyl halides is 3. The van der Waals surface area contributed by atoms with E-state index in [2.05, 4.69) is 4.98 Å². The average molecular weight is 275 g/mol. The van der Waals surface area contributed by atoms with Crippen molar-refractivity contribution in [2.24, 2.45) is 0 Å². The summed E-state index contributed by atoms with van der Waals surface area (Å²) in [6.45, 7) is 5.12. The minimum absolute atomic E-state index is 0.248. The Bertz CT molecular complexity index is 459. The minimum Gasteiger partial charge on any atom is -0.367 e. The summed E-state index contributed by atoms with van der Waals surface area (Å²) in [4.78, 5) is 15.9. The van der Waals surface area contributed by atoms with Crippen LogP contribution in [-0.2, 0) is 10.9 Å². The van der Waals surface area contributed by atoms with E-state index in [-0.39, 0.29) is 13.0 Å². The number of ketones is 1. The molecule has 0 aliphatic carbocycles. The first-order valence-electron chi connectivity index (χ1n) is 5.96. The van der Waals surface area contributed by atoms with E-state index in [1.807, 2.05) is 0 Å². The van der Waals surface area contributed by atoms with Crippen LogP contribution in [-0.4, -0.2) is 23.0 Å². The summed E-state index contributed by atoms with van der Waals surface area (Å²) >= 11 is 0. The van der Waals surface area contributed by atoms with E-state index in [0.717, 1.165) is 18.5 Å². The van der Waals surface area contributed by atoms with Gasteiger partial charge in [0, 0.05) is 19.0 Å². The summed E-state index contributed by atoms with van der Waals surface area (Å²) in [5.74, 6) is -0.697. The number of halogens is 3. The number of hydrogen-bond acceptors (Lipinski definition) is 3. The first-order valence-corrected chi connectivity index (χ1v) is 5.96. The maximum atomic E-state index is 12.9. The van der Waals surface area contributed by atoms with Crippen LogP contribution in [0.1, 0.15) is 43.1 Å². The standard InChI is InChI=1S/C13H16F3NO2/c1-4-12(3,19-5-2)11(18)9-8-17-7-6-10(9)13(14,15)16/h6-8H,4-5H2,1-3H3. The third-order valence-electron chi connectivity index (χ3n) is 2.99. The molecule has 19 heavy (non-hydrogen) atoms. The molecule has 0 radical (unpaired) electrons. The Morgan fingerprint density at radius 3 is 2.47 bits per heavy atom. The zero-order valence-electron chi connectivity index (χ0n) is 11.0. The largest absolute Gasteiger partial charge is 0.417 e. The number of rotatable bonds is 5. The number of ether oxygens (including phenoxy) is 1. The molecule has 6 heteroatoms. The molecule has 0 spiro atoms. The van der Waals surface area contributed by atoms with Crippen LogP contribution < -0.4 is 0 Å². The fraction of sp³-hybridized carbons (Fsp3) is 0.538. The molecule has 3 nitrogen and oxygen atoms in total. The van der Waals surface area contributed by atoms with Gasteiger partial charge in [0.1, 0.15) is 5.60 Å². The van der Waals surface area contributed by atoms with Crippen molar-refractivity contribution < 1.29 is 22.7 Å². The van der Waals surface area contributed by atoms with E-state index in [9.17, 15) is 18.0 Å². The van der Waals surface area contributed by atoms with Crippen LogP contribution in [0.15, 0.2) is 18.5 Å². The third-order valence-corrected chi connectivity index (χ3v) is 2.99. The lowest BCUT2D eigenvalue weighted by Gasteiger charge is -2.27. The molecular formula is C13H16F3NO2. The van der Waals surface area contributed by atoms with E-state index in [1.165, 1.54) is 6.92 Å². The number of hydrogen-bond donors (Lipinski definition) is 0. The quantitative estimate of drug-likeness (QED) is 0.772. The SMILES string of the molecule is CCOC(C)(CC)C(=O)c1cnccc1C(F)(F)F. The Balaban J connectivity index is 3.27. The number of pyridine rings is 1. The molecule has 0 aliphatic rings. The molecule has 0 amide bonds. The average Bonchev–Trinajstić information content (AvgIpc) is 2.37. The molecule has 0 saturated carbocycles. The molecule has 1 unspecified atom stereocenters. The summed E-state index contributed by atoms with van der Waals surface area (Å²) in [7, 11) is 0. The Hall–Kier alpha value is -1.43. The van der Waals surface area contributed by atoms with Gasteiger partial charge in [0.15, 0.2) is 5.78 Å². The molecular weight excluding hydrogens is 259 g/mol. The second-order valence-corrected chi connectivity index (χ2v) is 4.27. The fourth-order valence-electron chi connectivity index (χ4n) is 1.75. The van der Waals surface area contributed by atoms with Crippen LogP contribution >= 0.6 is 0 Å². The Kier molecular flexibility index (Phi) is 4.68. The van der Waals surface area contributed by atoms with Crippen molar-refractivity contribution in [2.75, 3.05) is 6.61 Å². The van der Waals surface area contributed by atoms with Crippen LogP contribution in [0.25, 0.3) is 0 Å². The maximum Gasteiger partial charge on any atom is 0.417 e. The van der Waals surface area contributed by atoms with Crippen molar-refractivity contribution in [2.45, 2.75) is 39.0 Å². The van der Waals surface area contributed by atoms with Gasteiger partial charge in [0.25, 0.3) is 0 Å². The van der Waals surface area contributed by atoms with Crippen LogP contribution in [0.5, 0.6) is 0 Å². The number of nitrogens with zero attached hydrogens (tertiary/aromatic N) is 1. The van der Waals surface area contributed by atoms with Crippen LogP contribution in [0, 0.1) is 0 Å². The predicted molar refractivity (Wildman–Crippen MR) is 63.9 cm³/mol. The highest BCUT2D eigenvalue weighted by atomic mass is 19.4. The molecule has 0 fully saturated rings. The lowest BCUT2D eigenvalue weighted by molar-refractivity contribution is -0.138. The zero-order chi connectivity index (χ0) is 14.7. The highest BCUT2D eigenvalue weighted by Gasteiger charge is 2.40. The minimum atomic E-state index is -4.59. The smallest absolute Gasteiger partial charge is 0.367 e. The number of carbonyl (C=O) groups excluding carboxylic acids is 1. The Morgan fingerprint density at radius 2 is 2.00 bits per heavy atom. The molecule has 0 saturated heterocycles. The van der Waals surface area contributed by atoms with Gasteiger partial charge >= 0.3 is 6.18 Å². The van der Waals surface area contributed by atoms with Crippen molar-refractivity contribution in [3.8, 4) is 0 Å². The number of aromatic nitrogens is 1. The molecule has 1 rings (SSSR count). The first-order chi connectivity index (χ1) is 8.76. The van der Waals surface area contributed by atoms with E-state index >= 15 is 0 Å². The van der Waals surface area contributed by atoms with E-state index in [4.69, 9.17) is 4.74 Å². The fourth-order valence-corrected chi connectivity index (χ4v) is 1.75. The number of carbonyl (C=O) groups is 1. The second kappa shape index (κ2) is 5.69. The van der Waals surface area contributed by atoms with Crippen molar-refractivity contribution in [3.05, 3.63) is 29.6 Å². The van der Waals surface area contributed by atoms with Gasteiger partial charge in [0.05, 0.1) is 11.1 Å². The van der Waals surface area contributed by atoms with Gasteiger partial charge in [-0.3, -0.25) is 9.78 Å². The zero-order valence-corrected chi connectivity index (χ0v) is 11.0. The van der Waals surface area contributed by atoms with Crippen molar-refractivity contribution >= 4 is 5.78 Å². The third kappa shape index (κ3) is 3.32. The summed E-state index contributed by atoms with van der Waals surface area (Å²) in [6, 6.07) is 0.801. The van der Waals surface area contributed by atoms with Crippen molar-refractivity contribution in [3.63, 3.8) is 0 Å². The topological polar surface area (TPSA) is 39.2 Å². The summed E-state index contributed by atoms with van der Waals surface area (Å²) in [5, 5.41) is 0. The predicted octanol–water partition coefficient (Wildman–Crippen LogP) is 3.49. The molecule has 0 aromatic carbocycles. The van der Waals surface area contributed by atoms with Crippen LogP contribution in [0.2, 0.25) is 0 Å². The molecule has 106 valence electrons. The molecule has 1 atom stereocenters. The van der Waals surface area contributed by atoms with Gasteiger partial charge in [-0.15, -0.1) is 0 Å². The molecule has 1 aromatic heterocycles. The Morgan fingerprint density at radius 1 is 1.37 bits per heavy atom. The maximum absolute atomic E-state index is 12.9.